The summed E-state index contributed by atoms with van der Waals surface area (Å²) in [4.78, 5) is 0. The van der Waals surface area contributed by atoms with Crippen LogP contribution in [0.15, 0.2) is 18.2 Å². The lowest BCUT2D eigenvalue weighted by atomic mass is 9.89. The fraction of sp³-hybridized carbons (Fsp3) is 0.538. The molecule has 0 bridgehead atoms. The average Bonchev–Trinajstić information content (AvgIpc) is 2.23. The van der Waals surface area contributed by atoms with Crippen LogP contribution in [0, 0.1) is 6.92 Å². The summed E-state index contributed by atoms with van der Waals surface area (Å²) in [6.07, 6.45) is -2.38. The fourth-order valence-electron chi connectivity index (χ4n) is 2.05. The van der Waals surface area contributed by atoms with Crippen molar-refractivity contribution in [3.05, 3.63) is 29.3 Å². The summed E-state index contributed by atoms with van der Waals surface area (Å²) in [6.45, 7) is 1.80. The number of anilines is 1. The number of methoxy groups -OCH3 is 1. The first kappa shape index (κ1) is 13.2. The predicted molar refractivity (Wildman–Crippen MR) is 63.6 cm³/mol. The van der Waals surface area contributed by atoms with Gasteiger partial charge in [-0.25, -0.2) is 0 Å². The van der Waals surface area contributed by atoms with Gasteiger partial charge in [-0.2, -0.15) is 13.2 Å². The van der Waals surface area contributed by atoms with Gasteiger partial charge >= 0.3 is 6.18 Å². The molecule has 0 unspecified atom stereocenters. The first-order chi connectivity index (χ1) is 8.40. The number of benzene rings is 1. The molecule has 2 rings (SSSR count). The van der Waals surface area contributed by atoms with E-state index < -0.39 is 11.7 Å². The van der Waals surface area contributed by atoms with Gasteiger partial charge < -0.3 is 10.1 Å². The summed E-state index contributed by atoms with van der Waals surface area (Å²) in [7, 11) is 1.65. The zero-order valence-electron chi connectivity index (χ0n) is 10.3. The molecule has 5 heteroatoms. The van der Waals surface area contributed by atoms with Crippen LogP contribution in [-0.2, 0) is 10.9 Å². The van der Waals surface area contributed by atoms with Gasteiger partial charge in [0.15, 0.2) is 0 Å². The molecule has 1 aliphatic rings. The van der Waals surface area contributed by atoms with Gasteiger partial charge in [-0.15, -0.1) is 0 Å². The maximum atomic E-state index is 12.6. The zero-order valence-corrected chi connectivity index (χ0v) is 10.3. The van der Waals surface area contributed by atoms with Crippen molar-refractivity contribution < 1.29 is 17.9 Å². The highest BCUT2D eigenvalue weighted by atomic mass is 19.4. The van der Waals surface area contributed by atoms with E-state index in [2.05, 4.69) is 5.32 Å². The quantitative estimate of drug-likeness (QED) is 0.895. The number of aryl methyl sites for hydroxylation is 1. The molecule has 0 amide bonds. The Morgan fingerprint density at radius 3 is 2.50 bits per heavy atom. The minimum atomic E-state index is -4.29. The third-order valence-corrected chi connectivity index (χ3v) is 3.35. The molecule has 0 saturated heterocycles. The van der Waals surface area contributed by atoms with E-state index in [1.165, 1.54) is 12.1 Å². The summed E-state index contributed by atoms with van der Waals surface area (Å²) in [5, 5.41) is 3.14. The number of halogens is 3. The summed E-state index contributed by atoms with van der Waals surface area (Å²) >= 11 is 0. The van der Waals surface area contributed by atoms with Crippen LogP contribution in [0.2, 0.25) is 0 Å². The highest BCUT2D eigenvalue weighted by Crippen LogP contribution is 2.33. The number of hydrogen-bond acceptors (Lipinski definition) is 2. The molecule has 1 aliphatic carbocycles. The second-order valence-corrected chi connectivity index (χ2v) is 4.70. The van der Waals surface area contributed by atoms with Crippen molar-refractivity contribution in [1.82, 2.24) is 0 Å². The second-order valence-electron chi connectivity index (χ2n) is 4.70. The topological polar surface area (TPSA) is 21.3 Å². The number of alkyl halides is 3. The molecule has 100 valence electrons. The molecule has 1 fully saturated rings. The summed E-state index contributed by atoms with van der Waals surface area (Å²) in [6, 6.07) is 3.99. The van der Waals surface area contributed by atoms with E-state index in [9.17, 15) is 13.2 Å². The van der Waals surface area contributed by atoms with Crippen LogP contribution in [0.25, 0.3) is 0 Å². The maximum absolute atomic E-state index is 12.6. The molecule has 0 aliphatic heterocycles. The van der Waals surface area contributed by atoms with E-state index in [1.54, 1.807) is 14.0 Å². The first-order valence-electron chi connectivity index (χ1n) is 5.87. The molecule has 0 radical (unpaired) electrons. The number of rotatable bonds is 3. The van der Waals surface area contributed by atoms with Crippen molar-refractivity contribution in [3.63, 3.8) is 0 Å². The summed E-state index contributed by atoms with van der Waals surface area (Å²) in [5.74, 6) is 0. The van der Waals surface area contributed by atoms with Crippen molar-refractivity contribution in [2.75, 3.05) is 12.4 Å². The Morgan fingerprint density at radius 1 is 1.28 bits per heavy atom. The maximum Gasteiger partial charge on any atom is 0.416 e. The lowest BCUT2D eigenvalue weighted by Gasteiger charge is -2.35. The molecule has 18 heavy (non-hydrogen) atoms. The van der Waals surface area contributed by atoms with Crippen molar-refractivity contribution in [2.45, 2.75) is 38.1 Å². The van der Waals surface area contributed by atoms with E-state index in [1.807, 2.05) is 0 Å². The second kappa shape index (κ2) is 4.80. The van der Waals surface area contributed by atoms with Gasteiger partial charge in [-0.1, -0.05) is 6.07 Å². The highest BCUT2D eigenvalue weighted by Gasteiger charge is 2.32. The molecular formula is C13H16F3NO. The number of nitrogens with one attached hydrogen (secondary N) is 1. The van der Waals surface area contributed by atoms with Crippen LogP contribution in [0.3, 0.4) is 0 Å². The Labute approximate surface area is 104 Å². The Morgan fingerprint density at radius 2 is 1.94 bits per heavy atom. The number of ether oxygens (including phenoxy) is 1. The van der Waals surface area contributed by atoms with Gasteiger partial charge in [0.05, 0.1) is 11.7 Å². The van der Waals surface area contributed by atoms with Gasteiger partial charge in [0.1, 0.15) is 0 Å². The minimum Gasteiger partial charge on any atom is -0.382 e. The molecule has 1 aromatic carbocycles. The lowest BCUT2D eigenvalue weighted by molar-refractivity contribution is -0.137. The molecule has 0 atom stereocenters. The van der Waals surface area contributed by atoms with Crippen LogP contribution >= 0.6 is 0 Å². The molecule has 1 aromatic rings. The van der Waals surface area contributed by atoms with Gasteiger partial charge in [0, 0.05) is 18.8 Å². The summed E-state index contributed by atoms with van der Waals surface area (Å²) < 4.78 is 42.9. The summed E-state index contributed by atoms with van der Waals surface area (Å²) in [5.41, 5.74) is 0.770. The molecule has 0 heterocycles. The third-order valence-electron chi connectivity index (χ3n) is 3.35. The molecule has 0 spiro atoms. The van der Waals surface area contributed by atoms with Crippen LogP contribution in [0.5, 0.6) is 0 Å². The Balaban J connectivity index is 2.08. The first-order valence-corrected chi connectivity index (χ1v) is 5.87. The Kier molecular flexibility index (Phi) is 3.52. The minimum absolute atomic E-state index is 0.206. The van der Waals surface area contributed by atoms with Crippen molar-refractivity contribution in [1.29, 1.82) is 0 Å². The number of hydrogen-bond donors (Lipinski definition) is 1. The fourth-order valence-corrected chi connectivity index (χ4v) is 2.05. The van der Waals surface area contributed by atoms with Crippen molar-refractivity contribution in [2.24, 2.45) is 0 Å². The van der Waals surface area contributed by atoms with E-state index in [0.29, 0.717) is 5.69 Å². The van der Waals surface area contributed by atoms with Gasteiger partial charge in [0.25, 0.3) is 0 Å². The van der Waals surface area contributed by atoms with E-state index in [4.69, 9.17) is 4.74 Å². The SMILES string of the molecule is COC1CC(Nc2cc(C(F)(F)F)ccc2C)C1. The van der Waals surface area contributed by atoms with E-state index in [0.717, 1.165) is 24.5 Å². The third kappa shape index (κ3) is 2.77. The molecule has 2 nitrogen and oxygen atoms in total. The van der Waals surface area contributed by atoms with Crippen molar-refractivity contribution in [3.8, 4) is 0 Å². The Hall–Kier alpha value is -1.23. The molecular weight excluding hydrogens is 243 g/mol. The standard InChI is InChI=1S/C13H16F3NO/c1-8-3-4-9(13(14,15)16)5-12(8)17-10-6-11(7-10)18-2/h3-5,10-11,17H,6-7H2,1-2H3. The van der Waals surface area contributed by atoms with Gasteiger partial charge in [-0.3, -0.25) is 0 Å². The molecule has 1 N–H and O–H groups in total. The molecule has 0 aromatic heterocycles. The predicted octanol–water partition coefficient (Wildman–Crippen LogP) is 3.60. The zero-order chi connectivity index (χ0) is 13.3. The highest BCUT2D eigenvalue weighted by molar-refractivity contribution is 5.54. The van der Waals surface area contributed by atoms with Crippen LogP contribution in [0.1, 0.15) is 24.0 Å². The van der Waals surface area contributed by atoms with Crippen LogP contribution in [0.4, 0.5) is 18.9 Å². The van der Waals surface area contributed by atoms with E-state index >= 15 is 0 Å². The lowest BCUT2D eigenvalue weighted by Crippen LogP contribution is -2.40. The van der Waals surface area contributed by atoms with Gasteiger partial charge in [0.2, 0.25) is 0 Å². The normalized spacial score (nSPS) is 23.6. The monoisotopic (exact) mass is 259 g/mol. The van der Waals surface area contributed by atoms with E-state index in [-0.39, 0.29) is 12.1 Å². The average molecular weight is 259 g/mol. The van der Waals surface area contributed by atoms with Gasteiger partial charge in [-0.05, 0) is 37.5 Å². The Bertz CT molecular complexity index is 425. The molecule has 1 saturated carbocycles. The van der Waals surface area contributed by atoms with Crippen LogP contribution in [-0.4, -0.2) is 19.3 Å². The largest absolute Gasteiger partial charge is 0.416 e. The van der Waals surface area contributed by atoms with Crippen LogP contribution < -0.4 is 5.32 Å². The van der Waals surface area contributed by atoms with Crippen molar-refractivity contribution >= 4 is 5.69 Å². The smallest absolute Gasteiger partial charge is 0.382 e.